The highest BCUT2D eigenvalue weighted by Gasteiger charge is 2.24. The molecule has 2 aromatic rings. The van der Waals surface area contributed by atoms with Crippen molar-refractivity contribution in [3.8, 4) is 11.1 Å². The molecule has 4 rings (SSSR count). The van der Waals surface area contributed by atoms with Crippen LogP contribution in [0.3, 0.4) is 0 Å². The van der Waals surface area contributed by atoms with Gasteiger partial charge in [-0.2, -0.15) is 0 Å². The van der Waals surface area contributed by atoms with Gasteiger partial charge in [0.1, 0.15) is 6.10 Å². The van der Waals surface area contributed by atoms with Gasteiger partial charge in [0.15, 0.2) is 0 Å². The summed E-state index contributed by atoms with van der Waals surface area (Å²) in [5, 5.41) is 0. The van der Waals surface area contributed by atoms with Crippen LogP contribution >= 0.6 is 0 Å². The molecule has 2 aliphatic rings. The largest absolute Gasteiger partial charge is 0.373 e. The molecule has 35 heavy (non-hydrogen) atoms. The minimum Gasteiger partial charge on any atom is -0.373 e. The third-order valence-corrected chi connectivity index (χ3v) is 8.41. The van der Waals surface area contributed by atoms with Gasteiger partial charge in [-0.25, -0.2) is 0 Å². The number of rotatable bonds is 12. The molecule has 0 radical (unpaired) electrons. The Morgan fingerprint density at radius 3 is 1.83 bits per heavy atom. The van der Waals surface area contributed by atoms with Crippen LogP contribution in [0.5, 0.6) is 0 Å². The fraction of sp³-hybridized carbons (Fsp3) is 0.636. The first-order valence-electron chi connectivity index (χ1n) is 14.7. The Morgan fingerprint density at radius 1 is 0.600 bits per heavy atom. The molecule has 0 amide bonds. The summed E-state index contributed by atoms with van der Waals surface area (Å²) in [5.74, 6) is 1.73. The summed E-state index contributed by atoms with van der Waals surface area (Å²) < 4.78 is 12.3. The molecular formula is C33H48O2. The van der Waals surface area contributed by atoms with E-state index in [0.29, 0.717) is 6.61 Å². The van der Waals surface area contributed by atoms with E-state index in [1.54, 1.807) is 0 Å². The zero-order valence-electron chi connectivity index (χ0n) is 22.4. The number of unbranched alkanes of at least 4 members (excludes halogenated alkanes) is 5. The van der Waals surface area contributed by atoms with Crippen LogP contribution in [0.15, 0.2) is 48.5 Å². The maximum absolute atomic E-state index is 6.19. The van der Waals surface area contributed by atoms with E-state index in [-0.39, 0.29) is 12.2 Å². The molecule has 0 bridgehead atoms. The second-order valence-electron chi connectivity index (χ2n) is 11.1. The van der Waals surface area contributed by atoms with Gasteiger partial charge in [0.2, 0.25) is 0 Å². The van der Waals surface area contributed by atoms with Crippen molar-refractivity contribution in [2.24, 2.45) is 5.92 Å². The van der Waals surface area contributed by atoms with E-state index in [1.807, 2.05) is 0 Å². The molecule has 1 heterocycles. The van der Waals surface area contributed by atoms with Gasteiger partial charge in [0.05, 0.1) is 19.3 Å². The highest BCUT2D eigenvalue weighted by atomic mass is 16.6. The molecule has 0 N–H and O–H groups in total. The lowest BCUT2D eigenvalue weighted by Gasteiger charge is -2.30. The molecule has 1 saturated heterocycles. The van der Waals surface area contributed by atoms with Crippen LogP contribution in [0.4, 0.5) is 0 Å². The molecule has 2 heteroatoms. The minimum atomic E-state index is 0.0650. The van der Waals surface area contributed by atoms with Gasteiger partial charge in [-0.05, 0) is 66.2 Å². The number of ether oxygens (including phenoxy) is 2. The molecule has 0 aromatic heterocycles. The zero-order valence-corrected chi connectivity index (χ0v) is 22.4. The average Bonchev–Trinajstić information content (AvgIpc) is 2.93. The molecular weight excluding hydrogens is 428 g/mol. The highest BCUT2D eigenvalue weighted by molar-refractivity contribution is 5.64. The van der Waals surface area contributed by atoms with E-state index in [4.69, 9.17) is 9.47 Å². The molecule has 2 aromatic carbocycles. The second-order valence-corrected chi connectivity index (χ2v) is 11.1. The van der Waals surface area contributed by atoms with Crippen molar-refractivity contribution in [3.05, 3.63) is 59.7 Å². The Bertz CT molecular complexity index is 824. The summed E-state index contributed by atoms with van der Waals surface area (Å²) >= 11 is 0. The van der Waals surface area contributed by atoms with Gasteiger partial charge in [0.25, 0.3) is 0 Å². The number of benzene rings is 2. The van der Waals surface area contributed by atoms with Gasteiger partial charge < -0.3 is 9.47 Å². The summed E-state index contributed by atoms with van der Waals surface area (Å²) in [6, 6.07) is 18.3. The van der Waals surface area contributed by atoms with Crippen molar-refractivity contribution in [2.45, 2.75) is 115 Å². The Balaban J connectivity index is 1.23. The first-order valence-corrected chi connectivity index (χ1v) is 14.7. The van der Waals surface area contributed by atoms with Crippen LogP contribution in [0, 0.1) is 5.92 Å². The van der Waals surface area contributed by atoms with E-state index in [1.165, 1.54) is 99.3 Å². The predicted molar refractivity (Wildman–Crippen MR) is 148 cm³/mol. The molecule has 2 nitrogen and oxygen atoms in total. The summed E-state index contributed by atoms with van der Waals surface area (Å²) in [6.45, 7) is 5.97. The minimum absolute atomic E-state index is 0.0650. The summed E-state index contributed by atoms with van der Waals surface area (Å²) in [5.41, 5.74) is 5.35. The summed E-state index contributed by atoms with van der Waals surface area (Å²) in [4.78, 5) is 0. The average molecular weight is 477 g/mol. The Hall–Kier alpha value is -1.64. The van der Waals surface area contributed by atoms with E-state index in [9.17, 15) is 0 Å². The van der Waals surface area contributed by atoms with Crippen LogP contribution in [0.2, 0.25) is 0 Å². The van der Waals surface area contributed by atoms with E-state index < -0.39 is 0 Å². The predicted octanol–water partition coefficient (Wildman–Crippen LogP) is 9.63. The highest BCUT2D eigenvalue weighted by Crippen LogP contribution is 2.38. The van der Waals surface area contributed by atoms with Crippen LogP contribution in [-0.2, 0) is 9.47 Å². The van der Waals surface area contributed by atoms with Crippen LogP contribution in [-0.4, -0.2) is 19.3 Å². The SMILES string of the molecule is CCCCCCCC1COC(c2ccc(-c3ccc(C4CCC(CCCC)CC4)cc3)cc2)CO1. The molecule has 1 saturated carbocycles. The van der Waals surface area contributed by atoms with Crippen molar-refractivity contribution in [1.82, 2.24) is 0 Å². The molecule has 2 fully saturated rings. The number of hydrogen-bond acceptors (Lipinski definition) is 2. The Labute approximate surface area is 214 Å². The monoisotopic (exact) mass is 476 g/mol. The van der Waals surface area contributed by atoms with Gasteiger partial charge >= 0.3 is 0 Å². The Kier molecular flexibility index (Phi) is 10.7. The smallest absolute Gasteiger partial charge is 0.106 e. The number of hydrogen-bond donors (Lipinski definition) is 0. The standard InChI is InChI=1S/C33H48O2/c1-3-5-7-8-9-11-32-24-35-33(25-34-32)31-22-20-30(21-23-31)29-18-16-28(17-19-29)27-14-12-26(13-15-27)10-6-4-2/h16-23,26-27,32-33H,3-15,24-25H2,1-2H3. The van der Waals surface area contributed by atoms with Crippen LogP contribution < -0.4 is 0 Å². The van der Waals surface area contributed by atoms with Gasteiger partial charge in [-0.1, -0.05) is 114 Å². The molecule has 0 spiro atoms. The molecule has 2 atom stereocenters. The molecule has 2 unspecified atom stereocenters. The van der Waals surface area contributed by atoms with E-state index in [2.05, 4.69) is 62.4 Å². The van der Waals surface area contributed by atoms with Gasteiger partial charge in [-0.3, -0.25) is 0 Å². The summed E-state index contributed by atoms with van der Waals surface area (Å²) in [7, 11) is 0. The Morgan fingerprint density at radius 2 is 1.23 bits per heavy atom. The maximum atomic E-state index is 6.19. The van der Waals surface area contributed by atoms with Gasteiger partial charge in [0, 0.05) is 0 Å². The van der Waals surface area contributed by atoms with Crippen molar-refractivity contribution in [3.63, 3.8) is 0 Å². The first-order chi connectivity index (χ1) is 17.3. The van der Waals surface area contributed by atoms with Crippen LogP contribution in [0.1, 0.15) is 120 Å². The topological polar surface area (TPSA) is 18.5 Å². The lowest BCUT2D eigenvalue weighted by molar-refractivity contribution is -0.137. The third-order valence-electron chi connectivity index (χ3n) is 8.41. The summed E-state index contributed by atoms with van der Waals surface area (Å²) in [6.07, 6.45) is 17.8. The maximum Gasteiger partial charge on any atom is 0.106 e. The fourth-order valence-electron chi connectivity index (χ4n) is 5.99. The quantitative estimate of drug-likeness (QED) is 0.284. The fourth-order valence-corrected chi connectivity index (χ4v) is 5.99. The van der Waals surface area contributed by atoms with E-state index >= 15 is 0 Å². The van der Waals surface area contributed by atoms with Crippen LogP contribution in [0.25, 0.3) is 11.1 Å². The first kappa shape index (κ1) is 26.4. The zero-order chi connectivity index (χ0) is 24.3. The second kappa shape index (κ2) is 14.2. The van der Waals surface area contributed by atoms with Crippen molar-refractivity contribution < 1.29 is 9.47 Å². The molecule has 1 aliphatic heterocycles. The van der Waals surface area contributed by atoms with Crippen molar-refractivity contribution in [2.75, 3.05) is 13.2 Å². The van der Waals surface area contributed by atoms with E-state index in [0.717, 1.165) is 24.9 Å². The van der Waals surface area contributed by atoms with Gasteiger partial charge in [-0.15, -0.1) is 0 Å². The van der Waals surface area contributed by atoms with Crippen molar-refractivity contribution >= 4 is 0 Å². The molecule has 1 aliphatic carbocycles. The lowest BCUT2D eigenvalue weighted by Crippen LogP contribution is -2.31. The third kappa shape index (κ3) is 7.92. The normalized spacial score (nSPS) is 25.0. The lowest BCUT2D eigenvalue weighted by atomic mass is 9.77. The molecule has 192 valence electrons. The van der Waals surface area contributed by atoms with Crippen molar-refractivity contribution in [1.29, 1.82) is 0 Å².